The molecule has 6 heteroatoms. The van der Waals surface area contributed by atoms with Crippen LogP contribution >= 0.6 is 11.3 Å². The summed E-state index contributed by atoms with van der Waals surface area (Å²) in [4.78, 5) is 31.1. The summed E-state index contributed by atoms with van der Waals surface area (Å²) in [5.74, 6) is -0.0914. The molecule has 1 unspecified atom stereocenters. The van der Waals surface area contributed by atoms with Crippen LogP contribution in [0.3, 0.4) is 0 Å². The Labute approximate surface area is 152 Å². The van der Waals surface area contributed by atoms with Crippen LogP contribution in [0.2, 0.25) is 0 Å². The molecule has 132 valence electrons. The van der Waals surface area contributed by atoms with Crippen LogP contribution in [0.4, 0.5) is 0 Å². The highest BCUT2D eigenvalue weighted by Gasteiger charge is 2.28. The predicted octanol–water partition coefficient (Wildman–Crippen LogP) is 3.09. The topological polar surface area (TPSA) is 62.3 Å². The van der Waals surface area contributed by atoms with Crippen LogP contribution in [0.15, 0.2) is 36.0 Å². The Bertz CT molecular complexity index is 748. The highest BCUT2D eigenvalue weighted by Crippen LogP contribution is 2.22. The van der Waals surface area contributed by atoms with Crippen molar-refractivity contribution in [1.29, 1.82) is 0 Å². The van der Waals surface area contributed by atoms with Crippen LogP contribution in [-0.2, 0) is 5.41 Å². The minimum atomic E-state index is -0.0856. The lowest BCUT2D eigenvalue weighted by molar-refractivity contribution is 0.0787. The van der Waals surface area contributed by atoms with Gasteiger partial charge in [0.1, 0.15) is 4.88 Å². The van der Waals surface area contributed by atoms with E-state index in [0.717, 1.165) is 6.42 Å². The number of nitrogens with zero attached hydrogens (tertiary/aromatic N) is 2. The van der Waals surface area contributed by atoms with Crippen molar-refractivity contribution in [3.63, 3.8) is 0 Å². The van der Waals surface area contributed by atoms with Crippen LogP contribution in [-0.4, -0.2) is 40.8 Å². The van der Waals surface area contributed by atoms with Gasteiger partial charge in [0, 0.05) is 24.7 Å². The molecule has 1 atom stereocenters. The number of amides is 2. The number of carbonyl (C=O) groups is 2. The zero-order valence-corrected chi connectivity index (χ0v) is 15.6. The molecule has 2 aromatic rings. The summed E-state index contributed by atoms with van der Waals surface area (Å²) in [5.41, 5.74) is 3.58. The summed E-state index contributed by atoms with van der Waals surface area (Å²) >= 11 is 1.34. The first-order valence-electron chi connectivity index (χ1n) is 8.44. The maximum Gasteiger partial charge on any atom is 0.265 e. The molecule has 1 aromatic heterocycles. The van der Waals surface area contributed by atoms with Gasteiger partial charge in [-0.1, -0.05) is 32.9 Å². The lowest BCUT2D eigenvalue weighted by Crippen LogP contribution is -2.38. The second-order valence-corrected chi connectivity index (χ2v) is 8.29. The molecule has 0 spiro atoms. The molecule has 0 saturated carbocycles. The third-order valence-corrected chi connectivity index (χ3v) is 5.23. The van der Waals surface area contributed by atoms with Crippen LogP contribution in [0.5, 0.6) is 0 Å². The monoisotopic (exact) mass is 357 g/mol. The maximum atomic E-state index is 12.4. The maximum absolute atomic E-state index is 12.4. The molecule has 0 bridgehead atoms. The van der Waals surface area contributed by atoms with Crippen LogP contribution < -0.4 is 5.32 Å². The van der Waals surface area contributed by atoms with E-state index >= 15 is 0 Å². The Morgan fingerprint density at radius 2 is 1.96 bits per heavy atom. The van der Waals surface area contributed by atoms with E-state index < -0.39 is 0 Å². The van der Waals surface area contributed by atoms with Gasteiger partial charge in [0.15, 0.2) is 0 Å². The number of nitrogens with one attached hydrogen (secondary N) is 1. The van der Waals surface area contributed by atoms with E-state index in [9.17, 15) is 9.59 Å². The van der Waals surface area contributed by atoms with E-state index in [4.69, 9.17) is 0 Å². The summed E-state index contributed by atoms with van der Waals surface area (Å²) in [6, 6.07) is 7.73. The SMILES string of the molecule is CC(C)(C)c1ccc(C(=O)NC2CCN(C(=O)c3cncs3)C2)cc1. The fourth-order valence-electron chi connectivity index (χ4n) is 2.93. The summed E-state index contributed by atoms with van der Waals surface area (Å²) in [5, 5.41) is 3.04. The third-order valence-electron chi connectivity index (χ3n) is 4.47. The molecule has 2 heterocycles. The number of hydrogen-bond acceptors (Lipinski definition) is 4. The summed E-state index contributed by atoms with van der Waals surface area (Å²) < 4.78 is 0. The number of rotatable bonds is 3. The van der Waals surface area contributed by atoms with E-state index in [1.165, 1.54) is 16.9 Å². The van der Waals surface area contributed by atoms with E-state index in [1.54, 1.807) is 16.6 Å². The largest absolute Gasteiger partial charge is 0.347 e. The van der Waals surface area contributed by atoms with Crippen molar-refractivity contribution >= 4 is 23.2 Å². The fourth-order valence-corrected chi connectivity index (χ4v) is 3.52. The van der Waals surface area contributed by atoms with Gasteiger partial charge in [0.05, 0.1) is 11.7 Å². The standard InChI is InChI=1S/C19H23N3O2S/c1-19(2,3)14-6-4-13(5-7-14)17(23)21-15-8-9-22(11-15)18(24)16-10-20-12-25-16/h4-7,10,12,15H,8-9,11H2,1-3H3,(H,21,23). The zero-order chi connectivity index (χ0) is 18.0. The van der Waals surface area contributed by atoms with Gasteiger partial charge in [-0.15, -0.1) is 11.3 Å². The summed E-state index contributed by atoms with van der Waals surface area (Å²) in [6.45, 7) is 7.65. The highest BCUT2D eigenvalue weighted by molar-refractivity contribution is 7.11. The number of likely N-dealkylation sites (tertiary alicyclic amines) is 1. The second-order valence-electron chi connectivity index (χ2n) is 7.40. The lowest BCUT2D eigenvalue weighted by atomic mass is 9.86. The molecule has 3 rings (SSSR count). The normalized spacial score (nSPS) is 17.6. The molecule has 2 amide bonds. The quantitative estimate of drug-likeness (QED) is 0.918. The molecule has 0 aliphatic carbocycles. The molecule has 0 radical (unpaired) electrons. The molecular formula is C19H23N3O2S. The molecule has 1 aliphatic rings. The van der Waals surface area contributed by atoms with Gasteiger partial charge in [-0.2, -0.15) is 0 Å². The number of thiazole rings is 1. The van der Waals surface area contributed by atoms with E-state index in [1.807, 2.05) is 24.3 Å². The highest BCUT2D eigenvalue weighted by atomic mass is 32.1. The number of benzene rings is 1. The average Bonchev–Trinajstić information content (AvgIpc) is 3.25. The van der Waals surface area contributed by atoms with Gasteiger partial charge in [-0.05, 0) is 29.5 Å². The van der Waals surface area contributed by atoms with Crippen LogP contribution in [0.25, 0.3) is 0 Å². The molecule has 1 aliphatic heterocycles. The number of carbonyl (C=O) groups excluding carboxylic acids is 2. The average molecular weight is 357 g/mol. The molecule has 5 nitrogen and oxygen atoms in total. The first-order valence-corrected chi connectivity index (χ1v) is 9.32. The number of hydrogen-bond donors (Lipinski definition) is 1. The number of aromatic nitrogens is 1. The van der Waals surface area contributed by atoms with Gasteiger partial charge in [-0.3, -0.25) is 14.6 Å². The van der Waals surface area contributed by atoms with Gasteiger partial charge >= 0.3 is 0 Å². The molecule has 1 aromatic carbocycles. The fraction of sp³-hybridized carbons (Fsp3) is 0.421. The van der Waals surface area contributed by atoms with Gasteiger partial charge < -0.3 is 10.2 Å². The Balaban J connectivity index is 1.58. The minimum absolute atomic E-state index is 0.00576. The van der Waals surface area contributed by atoms with Crippen molar-refractivity contribution in [2.45, 2.75) is 38.6 Å². The van der Waals surface area contributed by atoms with Gasteiger partial charge in [0.25, 0.3) is 11.8 Å². The third kappa shape index (κ3) is 4.07. The van der Waals surface area contributed by atoms with Crippen molar-refractivity contribution in [3.05, 3.63) is 52.0 Å². The Morgan fingerprint density at radius 3 is 2.56 bits per heavy atom. The summed E-state index contributed by atoms with van der Waals surface area (Å²) in [7, 11) is 0. The molecule has 25 heavy (non-hydrogen) atoms. The molecule has 1 N–H and O–H groups in total. The van der Waals surface area contributed by atoms with E-state index in [2.05, 4.69) is 31.1 Å². The van der Waals surface area contributed by atoms with Crippen molar-refractivity contribution in [2.24, 2.45) is 0 Å². The smallest absolute Gasteiger partial charge is 0.265 e. The Kier molecular flexibility index (Phi) is 4.90. The molecular weight excluding hydrogens is 334 g/mol. The lowest BCUT2D eigenvalue weighted by Gasteiger charge is -2.19. The zero-order valence-electron chi connectivity index (χ0n) is 14.8. The molecule has 1 fully saturated rings. The van der Waals surface area contributed by atoms with Crippen molar-refractivity contribution in [3.8, 4) is 0 Å². The Hall–Kier alpha value is -2.21. The first kappa shape index (κ1) is 17.6. The molecule has 1 saturated heterocycles. The van der Waals surface area contributed by atoms with Crippen LogP contribution in [0.1, 0.15) is 52.8 Å². The van der Waals surface area contributed by atoms with Crippen molar-refractivity contribution < 1.29 is 9.59 Å². The van der Waals surface area contributed by atoms with E-state index in [0.29, 0.717) is 23.5 Å². The van der Waals surface area contributed by atoms with E-state index in [-0.39, 0.29) is 23.3 Å². The predicted molar refractivity (Wildman–Crippen MR) is 99.0 cm³/mol. The van der Waals surface area contributed by atoms with Crippen molar-refractivity contribution in [1.82, 2.24) is 15.2 Å². The van der Waals surface area contributed by atoms with Crippen molar-refractivity contribution in [2.75, 3.05) is 13.1 Å². The second kappa shape index (κ2) is 6.96. The van der Waals surface area contributed by atoms with Crippen LogP contribution in [0, 0.1) is 0 Å². The minimum Gasteiger partial charge on any atom is -0.347 e. The van der Waals surface area contributed by atoms with Gasteiger partial charge in [-0.25, -0.2) is 0 Å². The van der Waals surface area contributed by atoms with Gasteiger partial charge in [0.2, 0.25) is 0 Å². The summed E-state index contributed by atoms with van der Waals surface area (Å²) in [6.07, 6.45) is 2.37. The Morgan fingerprint density at radius 1 is 1.24 bits per heavy atom. The first-order chi connectivity index (χ1) is 11.8.